The Hall–Kier alpha value is -2.68. The Morgan fingerprint density at radius 2 is 1.93 bits per heavy atom. The molecule has 3 aromatic rings. The lowest BCUT2D eigenvalue weighted by Crippen LogP contribution is -2.44. The van der Waals surface area contributed by atoms with E-state index in [4.69, 9.17) is 9.97 Å². The van der Waals surface area contributed by atoms with E-state index in [1.54, 1.807) is 10.9 Å². The van der Waals surface area contributed by atoms with Gasteiger partial charge in [0, 0.05) is 36.9 Å². The predicted molar refractivity (Wildman–Crippen MR) is 104 cm³/mol. The Balaban J connectivity index is 1.45. The number of nitrogens with one attached hydrogen (secondary N) is 3. The molecule has 2 bridgehead atoms. The first-order valence-electron chi connectivity index (χ1n) is 9.54. The smallest absolute Gasteiger partial charge is 0.226 e. The van der Waals surface area contributed by atoms with E-state index in [9.17, 15) is 0 Å². The fraction of sp³-hybridized carbons (Fsp3) is 0.556. The fourth-order valence-electron chi connectivity index (χ4n) is 4.50. The molecule has 0 aromatic carbocycles. The van der Waals surface area contributed by atoms with Crippen LogP contribution in [0.1, 0.15) is 31.4 Å². The van der Waals surface area contributed by atoms with Crippen molar-refractivity contribution in [1.82, 2.24) is 34.8 Å². The summed E-state index contributed by atoms with van der Waals surface area (Å²) in [6.45, 7) is 1.97. The molecule has 0 radical (unpaired) electrons. The van der Waals surface area contributed by atoms with Gasteiger partial charge in [-0.1, -0.05) is 0 Å². The molecule has 2 fully saturated rings. The van der Waals surface area contributed by atoms with Gasteiger partial charge >= 0.3 is 0 Å². The molecule has 0 unspecified atom stereocenters. The van der Waals surface area contributed by atoms with Gasteiger partial charge in [-0.15, -0.1) is 0 Å². The van der Waals surface area contributed by atoms with Gasteiger partial charge in [0.2, 0.25) is 5.95 Å². The lowest BCUT2D eigenvalue weighted by atomic mass is 9.98. The Kier molecular flexibility index (Phi) is 3.78. The van der Waals surface area contributed by atoms with Crippen molar-refractivity contribution in [2.75, 3.05) is 17.7 Å². The van der Waals surface area contributed by atoms with Crippen LogP contribution in [-0.2, 0) is 7.05 Å². The van der Waals surface area contributed by atoms with E-state index in [-0.39, 0.29) is 0 Å². The summed E-state index contributed by atoms with van der Waals surface area (Å²) in [6.07, 6.45) is 6.66. The quantitative estimate of drug-likeness (QED) is 0.650. The van der Waals surface area contributed by atoms with E-state index in [0.29, 0.717) is 24.1 Å². The molecule has 5 rings (SSSR count). The zero-order valence-electron chi connectivity index (χ0n) is 15.9. The summed E-state index contributed by atoms with van der Waals surface area (Å²) in [7, 11) is 4.15. The number of anilines is 3. The minimum atomic E-state index is 0.407. The molecular formula is C18H25N9. The van der Waals surface area contributed by atoms with Crippen LogP contribution in [-0.4, -0.2) is 60.0 Å². The van der Waals surface area contributed by atoms with E-state index in [2.05, 4.69) is 37.9 Å². The predicted octanol–water partition coefficient (Wildman–Crippen LogP) is 2.18. The number of piperidine rings is 1. The summed E-state index contributed by atoms with van der Waals surface area (Å²) in [6, 6.07) is 3.70. The summed E-state index contributed by atoms with van der Waals surface area (Å²) in [4.78, 5) is 12.0. The topological polar surface area (TPSA) is 99.6 Å². The molecule has 0 saturated carbocycles. The largest absolute Gasteiger partial charge is 0.351 e. The van der Waals surface area contributed by atoms with Gasteiger partial charge in [0.05, 0.1) is 11.6 Å². The minimum absolute atomic E-state index is 0.407. The number of fused-ring (bicyclic) bond motifs is 3. The van der Waals surface area contributed by atoms with Gasteiger partial charge in [0.1, 0.15) is 5.82 Å². The third-order valence-corrected chi connectivity index (χ3v) is 5.98. The van der Waals surface area contributed by atoms with Crippen molar-refractivity contribution in [3.05, 3.63) is 18.0 Å². The summed E-state index contributed by atoms with van der Waals surface area (Å²) >= 11 is 0. The molecule has 3 aromatic heterocycles. The number of aromatic nitrogens is 6. The number of aromatic amines is 1. The molecule has 5 heterocycles. The number of aryl methyl sites for hydroxylation is 2. The van der Waals surface area contributed by atoms with Gasteiger partial charge in [-0.25, -0.2) is 0 Å². The Labute approximate surface area is 157 Å². The van der Waals surface area contributed by atoms with Crippen molar-refractivity contribution in [1.29, 1.82) is 0 Å². The zero-order chi connectivity index (χ0) is 18.5. The Bertz CT molecular complexity index is 961. The summed E-state index contributed by atoms with van der Waals surface area (Å²) in [5.41, 5.74) is 1.80. The first-order chi connectivity index (χ1) is 13.1. The second-order valence-corrected chi connectivity index (χ2v) is 7.83. The first-order valence-corrected chi connectivity index (χ1v) is 9.54. The molecule has 0 amide bonds. The molecular weight excluding hydrogens is 342 g/mol. The van der Waals surface area contributed by atoms with Crippen molar-refractivity contribution >= 4 is 28.6 Å². The SMILES string of the molecule is Cc1cc(Nc2nc(N[C@@H]3C[C@H]4CC[C@@H](C3)N4C)nc3c2cnn3C)n[nH]1. The fourth-order valence-corrected chi connectivity index (χ4v) is 4.50. The number of H-pyrrole nitrogens is 1. The van der Waals surface area contributed by atoms with Crippen molar-refractivity contribution in [3.8, 4) is 0 Å². The van der Waals surface area contributed by atoms with E-state index in [1.807, 2.05) is 20.0 Å². The van der Waals surface area contributed by atoms with Gasteiger partial charge in [-0.3, -0.25) is 9.78 Å². The molecule has 0 aliphatic carbocycles. The van der Waals surface area contributed by atoms with Crippen molar-refractivity contribution in [3.63, 3.8) is 0 Å². The van der Waals surface area contributed by atoms with Crippen LogP contribution in [0.2, 0.25) is 0 Å². The van der Waals surface area contributed by atoms with E-state index in [1.165, 1.54) is 12.8 Å². The van der Waals surface area contributed by atoms with Crippen molar-refractivity contribution in [2.24, 2.45) is 7.05 Å². The van der Waals surface area contributed by atoms with Gasteiger partial charge in [-0.2, -0.15) is 20.2 Å². The van der Waals surface area contributed by atoms with Crippen molar-refractivity contribution < 1.29 is 0 Å². The van der Waals surface area contributed by atoms with Crippen LogP contribution in [0.25, 0.3) is 11.0 Å². The number of hydrogen-bond donors (Lipinski definition) is 3. The molecule has 27 heavy (non-hydrogen) atoms. The molecule has 142 valence electrons. The maximum absolute atomic E-state index is 4.75. The summed E-state index contributed by atoms with van der Waals surface area (Å²) in [5.74, 6) is 2.10. The Morgan fingerprint density at radius 1 is 1.15 bits per heavy atom. The van der Waals surface area contributed by atoms with Crippen LogP contribution >= 0.6 is 0 Å². The van der Waals surface area contributed by atoms with Gasteiger partial charge in [0.15, 0.2) is 11.5 Å². The normalized spacial score (nSPS) is 25.2. The first kappa shape index (κ1) is 16.5. The maximum atomic E-state index is 4.75. The minimum Gasteiger partial charge on any atom is -0.351 e. The summed E-state index contributed by atoms with van der Waals surface area (Å²) in [5, 5.41) is 19.3. The number of nitrogens with zero attached hydrogens (tertiary/aromatic N) is 6. The maximum Gasteiger partial charge on any atom is 0.226 e. The lowest BCUT2D eigenvalue weighted by Gasteiger charge is -2.36. The van der Waals surface area contributed by atoms with E-state index < -0.39 is 0 Å². The average Bonchev–Trinajstić information content (AvgIpc) is 3.26. The van der Waals surface area contributed by atoms with Gasteiger partial charge in [-0.05, 0) is 39.7 Å². The molecule has 0 spiro atoms. The number of hydrogen-bond acceptors (Lipinski definition) is 7. The highest BCUT2D eigenvalue weighted by Gasteiger charge is 2.38. The third kappa shape index (κ3) is 2.91. The molecule has 2 aliphatic heterocycles. The second kappa shape index (κ2) is 6.19. The standard InChI is InChI=1S/C18H25N9/c1-10-6-15(25-24-10)21-16-14-9-19-27(3)17(14)23-18(22-16)20-11-7-12-4-5-13(8-11)26(12)2/h6,9,11-13H,4-5,7-8H2,1-3H3,(H3,20,21,22,23,24,25)/t11-,12-,13+. The van der Waals surface area contributed by atoms with Gasteiger partial charge in [0.25, 0.3) is 0 Å². The average molecular weight is 367 g/mol. The van der Waals surface area contributed by atoms with Crippen LogP contribution < -0.4 is 10.6 Å². The molecule has 2 saturated heterocycles. The molecule has 9 nitrogen and oxygen atoms in total. The number of rotatable bonds is 4. The molecule has 2 aliphatic rings. The van der Waals surface area contributed by atoms with Crippen molar-refractivity contribution in [2.45, 2.75) is 50.7 Å². The molecule has 9 heteroatoms. The van der Waals surface area contributed by atoms with Crippen LogP contribution in [0.4, 0.5) is 17.6 Å². The third-order valence-electron chi connectivity index (χ3n) is 5.98. The second-order valence-electron chi connectivity index (χ2n) is 7.83. The van der Waals surface area contributed by atoms with Crippen LogP contribution in [0.3, 0.4) is 0 Å². The highest BCUT2D eigenvalue weighted by molar-refractivity contribution is 5.89. The van der Waals surface area contributed by atoms with Crippen LogP contribution in [0.15, 0.2) is 12.3 Å². The Morgan fingerprint density at radius 3 is 2.63 bits per heavy atom. The highest BCUT2D eigenvalue weighted by atomic mass is 15.3. The van der Waals surface area contributed by atoms with Crippen LogP contribution in [0, 0.1) is 6.92 Å². The molecule has 3 N–H and O–H groups in total. The molecule has 3 atom stereocenters. The highest BCUT2D eigenvalue weighted by Crippen LogP contribution is 2.35. The lowest BCUT2D eigenvalue weighted by molar-refractivity contribution is 0.168. The van der Waals surface area contributed by atoms with E-state index >= 15 is 0 Å². The van der Waals surface area contributed by atoms with E-state index in [0.717, 1.165) is 41.2 Å². The summed E-state index contributed by atoms with van der Waals surface area (Å²) < 4.78 is 1.78. The zero-order valence-corrected chi connectivity index (χ0v) is 15.9. The van der Waals surface area contributed by atoms with Crippen LogP contribution in [0.5, 0.6) is 0 Å². The monoisotopic (exact) mass is 367 g/mol. The van der Waals surface area contributed by atoms with Gasteiger partial charge < -0.3 is 15.5 Å².